The van der Waals surface area contributed by atoms with Crippen molar-refractivity contribution in [3.05, 3.63) is 0 Å². The van der Waals surface area contributed by atoms with Crippen molar-refractivity contribution in [2.75, 3.05) is 0 Å². The van der Waals surface area contributed by atoms with Crippen LogP contribution in [0.1, 0.15) is 97.3 Å². The molecular weight excluding hydrogens is 276 g/mol. The second-order valence-corrected chi connectivity index (χ2v) is 10.0. The fourth-order valence-corrected chi connectivity index (χ4v) is 7.92. The predicted octanol–water partition coefficient (Wildman–Crippen LogP) is 7.08. The van der Waals surface area contributed by atoms with Crippen LogP contribution in [0.3, 0.4) is 0 Å². The van der Waals surface area contributed by atoms with Gasteiger partial charge in [0.05, 0.1) is 0 Å². The second kappa shape index (κ2) is 7.09. The highest BCUT2D eigenvalue weighted by Crippen LogP contribution is 2.60. The van der Waals surface area contributed by atoms with E-state index in [1.807, 2.05) is 0 Å². The first kappa shape index (κ1) is 16.5. The average Bonchev–Trinajstić information content (AvgIpc) is 2.91. The van der Waals surface area contributed by atoms with Crippen LogP contribution in [0.15, 0.2) is 0 Å². The van der Waals surface area contributed by atoms with Gasteiger partial charge in [-0.05, 0) is 73.0 Å². The average molecular weight is 317 g/mol. The smallest absolute Gasteiger partial charge is 0.0326 e. The molecular formula is C23H40. The van der Waals surface area contributed by atoms with E-state index in [-0.39, 0.29) is 0 Å². The van der Waals surface area contributed by atoms with Crippen molar-refractivity contribution in [3.63, 3.8) is 0 Å². The molecule has 4 saturated carbocycles. The first-order valence-corrected chi connectivity index (χ1v) is 11.3. The molecule has 0 spiro atoms. The molecule has 0 bridgehead atoms. The van der Waals surface area contributed by atoms with E-state index < -0.39 is 0 Å². The van der Waals surface area contributed by atoms with Gasteiger partial charge in [0.2, 0.25) is 0 Å². The third kappa shape index (κ3) is 3.13. The zero-order valence-corrected chi connectivity index (χ0v) is 15.8. The normalized spacial score (nSPS) is 46.2. The fourth-order valence-electron chi connectivity index (χ4n) is 7.92. The van der Waals surface area contributed by atoms with Gasteiger partial charge >= 0.3 is 0 Å². The van der Waals surface area contributed by atoms with Gasteiger partial charge in [0.25, 0.3) is 0 Å². The van der Waals surface area contributed by atoms with Crippen LogP contribution in [-0.2, 0) is 0 Å². The molecule has 7 atom stereocenters. The van der Waals surface area contributed by atoms with Crippen LogP contribution >= 0.6 is 0 Å². The topological polar surface area (TPSA) is 0 Å². The van der Waals surface area contributed by atoms with Crippen LogP contribution in [-0.4, -0.2) is 0 Å². The van der Waals surface area contributed by atoms with Gasteiger partial charge in [-0.15, -0.1) is 0 Å². The van der Waals surface area contributed by atoms with Crippen molar-refractivity contribution in [2.45, 2.75) is 97.3 Å². The lowest BCUT2D eigenvalue weighted by Crippen LogP contribution is -2.30. The van der Waals surface area contributed by atoms with Gasteiger partial charge in [-0.25, -0.2) is 0 Å². The molecule has 0 N–H and O–H groups in total. The summed E-state index contributed by atoms with van der Waals surface area (Å²) in [5.41, 5.74) is 0. The van der Waals surface area contributed by atoms with Crippen molar-refractivity contribution >= 4 is 0 Å². The Kier molecular flexibility index (Phi) is 5.07. The Labute approximate surface area is 145 Å². The second-order valence-electron chi connectivity index (χ2n) is 10.0. The van der Waals surface area contributed by atoms with Crippen LogP contribution in [0.4, 0.5) is 0 Å². The molecule has 4 aliphatic carbocycles. The van der Waals surface area contributed by atoms with Gasteiger partial charge in [-0.2, -0.15) is 0 Å². The molecule has 4 aliphatic rings. The molecule has 0 nitrogen and oxygen atoms in total. The van der Waals surface area contributed by atoms with E-state index in [4.69, 9.17) is 0 Å². The van der Waals surface area contributed by atoms with Gasteiger partial charge < -0.3 is 0 Å². The fraction of sp³-hybridized carbons (Fsp3) is 1.00. The Hall–Kier alpha value is 0. The lowest BCUT2D eigenvalue weighted by molar-refractivity contribution is 0.111. The number of fused-ring (bicyclic) bond motifs is 3. The van der Waals surface area contributed by atoms with Gasteiger partial charge in [-0.3, -0.25) is 0 Å². The van der Waals surface area contributed by atoms with Crippen molar-refractivity contribution in [1.29, 1.82) is 0 Å². The molecule has 0 aromatic heterocycles. The summed E-state index contributed by atoms with van der Waals surface area (Å²) in [6.45, 7) is 5.25. The first-order chi connectivity index (χ1) is 11.3. The molecule has 0 saturated heterocycles. The zero-order chi connectivity index (χ0) is 15.8. The van der Waals surface area contributed by atoms with E-state index in [9.17, 15) is 0 Å². The van der Waals surface area contributed by atoms with Crippen LogP contribution < -0.4 is 0 Å². The third-order valence-electron chi connectivity index (χ3n) is 8.92. The summed E-state index contributed by atoms with van der Waals surface area (Å²) in [6.07, 6.45) is 20.2. The summed E-state index contributed by atoms with van der Waals surface area (Å²) in [7, 11) is 0. The molecule has 4 rings (SSSR count). The molecule has 4 fully saturated rings. The highest BCUT2D eigenvalue weighted by atomic mass is 14.6. The van der Waals surface area contributed by atoms with Crippen LogP contribution in [0, 0.1) is 47.3 Å². The molecule has 0 heteroatoms. The molecule has 132 valence electrons. The number of hydrogen-bond acceptors (Lipinski definition) is 0. The zero-order valence-electron chi connectivity index (χ0n) is 15.8. The molecule has 0 aliphatic heterocycles. The van der Waals surface area contributed by atoms with Gasteiger partial charge in [0.1, 0.15) is 0 Å². The van der Waals surface area contributed by atoms with E-state index in [0.717, 1.165) is 47.3 Å². The Morgan fingerprint density at radius 1 is 0.696 bits per heavy atom. The summed E-state index contributed by atoms with van der Waals surface area (Å²) < 4.78 is 0. The van der Waals surface area contributed by atoms with Gasteiger partial charge in [-0.1, -0.05) is 71.6 Å². The Balaban J connectivity index is 1.50. The minimum absolute atomic E-state index is 1.01. The Morgan fingerprint density at radius 2 is 1.35 bits per heavy atom. The Bertz CT molecular complexity index is 379. The van der Waals surface area contributed by atoms with E-state index in [1.165, 1.54) is 32.1 Å². The molecule has 0 aromatic rings. The molecule has 7 unspecified atom stereocenters. The summed E-state index contributed by atoms with van der Waals surface area (Å²) in [5, 5.41) is 0. The van der Waals surface area contributed by atoms with Crippen LogP contribution in [0.5, 0.6) is 0 Å². The van der Waals surface area contributed by atoms with Crippen molar-refractivity contribution < 1.29 is 0 Å². The predicted molar refractivity (Wildman–Crippen MR) is 99.3 cm³/mol. The highest BCUT2D eigenvalue weighted by Gasteiger charge is 2.53. The Morgan fingerprint density at radius 3 is 2.13 bits per heavy atom. The SMILES string of the molecule is CC(CC1C2CCCCC2C2CCCC(C)C21)C1CCCCC1. The number of hydrogen-bond donors (Lipinski definition) is 0. The minimum atomic E-state index is 1.01. The van der Waals surface area contributed by atoms with E-state index in [2.05, 4.69) is 13.8 Å². The van der Waals surface area contributed by atoms with Crippen molar-refractivity contribution in [2.24, 2.45) is 47.3 Å². The quantitative estimate of drug-likeness (QED) is 0.521. The van der Waals surface area contributed by atoms with Crippen molar-refractivity contribution in [3.8, 4) is 0 Å². The maximum absolute atomic E-state index is 2.63. The summed E-state index contributed by atoms with van der Waals surface area (Å²) in [5.74, 6) is 8.74. The first-order valence-electron chi connectivity index (χ1n) is 11.3. The lowest BCUT2D eigenvalue weighted by atomic mass is 9.67. The molecule has 0 amide bonds. The van der Waals surface area contributed by atoms with Crippen molar-refractivity contribution in [1.82, 2.24) is 0 Å². The number of rotatable bonds is 3. The van der Waals surface area contributed by atoms with Gasteiger partial charge in [0, 0.05) is 0 Å². The maximum Gasteiger partial charge on any atom is -0.0326 e. The van der Waals surface area contributed by atoms with Gasteiger partial charge in [0.15, 0.2) is 0 Å². The maximum atomic E-state index is 2.63. The standard InChI is InChI=1S/C23H40/c1-16-9-8-14-21-19-12-6-7-13-20(19)22(23(16)21)15-17(2)18-10-4-3-5-11-18/h16-23H,3-15H2,1-2H3. The lowest BCUT2D eigenvalue weighted by Gasteiger charge is -2.38. The highest BCUT2D eigenvalue weighted by molar-refractivity contribution is 5.01. The van der Waals surface area contributed by atoms with Crippen LogP contribution in [0.25, 0.3) is 0 Å². The van der Waals surface area contributed by atoms with E-state index in [1.54, 1.807) is 51.4 Å². The largest absolute Gasteiger partial charge is 0.0622 e. The third-order valence-corrected chi connectivity index (χ3v) is 8.92. The molecule has 23 heavy (non-hydrogen) atoms. The molecule has 0 radical (unpaired) electrons. The summed E-state index contributed by atoms with van der Waals surface area (Å²) in [6, 6.07) is 0. The molecule has 0 heterocycles. The van der Waals surface area contributed by atoms with Crippen LogP contribution in [0.2, 0.25) is 0 Å². The molecule has 0 aromatic carbocycles. The summed E-state index contributed by atoms with van der Waals surface area (Å²) >= 11 is 0. The summed E-state index contributed by atoms with van der Waals surface area (Å²) in [4.78, 5) is 0. The van der Waals surface area contributed by atoms with E-state index >= 15 is 0 Å². The van der Waals surface area contributed by atoms with E-state index in [0.29, 0.717) is 0 Å². The minimum Gasteiger partial charge on any atom is -0.0622 e. The monoisotopic (exact) mass is 316 g/mol.